The van der Waals surface area contributed by atoms with Crippen molar-refractivity contribution in [3.05, 3.63) is 29.6 Å². The van der Waals surface area contributed by atoms with E-state index in [1.165, 1.54) is 17.0 Å². The van der Waals surface area contributed by atoms with Gasteiger partial charge in [0.2, 0.25) is 11.8 Å². The number of hydrogen-bond acceptors (Lipinski definition) is 2. The van der Waals surface area contributed by atoms with E-state index in [2.05, 4.69) is 5.32 Å². The number of halogens is 1. The first kappa shape index (κ1) is 12.5. The lowest BCUT2D eigenvalue weighted by molar-refractivity contribution is -0.125. The third kappa shape index (κ3) is 2.50. The van der Waals surface area contributed by atoms with Crippen LogP contribution in [0.3, 0.4) is 0 Å². The predicted octanol–water partition coefficient (Wildman–Crippen LogP) is 1.38. The second kappa shape index (κ2) is 4.76. The molecule has 1 fully saturated rings. The second-order valence-corrected chi connectivity index (χ2v) is 4.52. The molecule has 1 aliphatic heterocycles. The highest BCUT2D eigenvalue weighted by Crippen LogP contribution is 2.20. The second-order valence-electron chi connectivity index (χ2n) is 4.52. The van der Waals surface area contributed by atoms with E-state index in [1.807, 2.05) is 0 Å². The van der Waals surface area contributed by atoms with Crippen molar-refractivity contribution in [2.24, 2.45) is 0 Å². The zero-order valence-electron chi connectivity index (χ0n) is 10.4. The molecule has 1 heterocycles. The average molecular weight is 250 g/mol. The van der Waals surface area contributed by atoms with Gasteiger partial charge in [-0.05, 0) is 37.6 Å². The summed E-state index contributed by atoms with van der Waals surface area (Å²) in [7, 11) is 0. The number of benzene rings is 1. The Morgan fingerprint density at radius 3 is 2.72 bits per heavy atom. The van der Waals surface area contributed by atoms with Crippen LogP contribution in [-0.4, -0.2) is 24.4 Å². The minimum Gasteiger partial charge on any atom is -0.345 e. The lowest BCUT2D eigenvalue weighted by Gasteiger charge is -2.22. The Bertz CT molecular complexity index is 482. The van der Waals surface area contributed by atoms with Gasteiger partial charge in [-0.1, -0.05) is 0 Å². The number of nitrogens with zero attached hydrogens (tertiary/aromatic N) is 1. The van der Waals surface area contributed by atoms with Crippen molar-refractivity contribution >= 4 is 17.5 Å². The Morgan fingerprint density at radius 2 is 2.06 bits per heavy atom. The van der Waals surface area contributed by atoms with Gasteiger partial charge in [0.25, 0.3) is 0 Å². The topological polar surface area (TPSA) is 49.4 Å². The number of amides is 2. The Hall–Kier alpha value is -1.91. The van der Waals surface area contributed by atoms with Crippen molar-refractivity contribution in [2.75, 3.05) is 11.4 Å². The third-order valence-electron chi connectivity index (χ3n) is 2.91. The maximum absolute atomic E-state index is 13.4. The van der Waals surface area contributed by atoms with Crippen molar-refractivity contribution in [3.63, 3.8) is 0 Å². The van der Waals surface area contributed by atoms with Crippen LogP contribution in [0.5, 0.6) is 0 Å². The summed E-state index contributed by atoms with van der Waals surface area (Å²) in [6.07, 6.45) is 0.228. The molecule has 0 spiro atoms. The summed E-state index contributed by atoms with van der Waals surface area (Å²) in [4.78, 5) is 24.9. The zero-order chi connectivity index (χ0) is 13.3. The largest absolute Gasteiger partial charge is 0.345 e. The summed E-state index contributed by atoms with van der Waals surface area (Å²) in [5.41, 5.74) is 1.25. The van der Waals surface area contributed by atoms with Crippen LogP contribution in [0.15, 0.2) is 18.2 Å². The van der Waals surface area contributed by atoms with Crippen LogP contribution < -0.4 is 10.2 Å². The van der Waals surface area contributed by atoms with Crippen LogP contribution in [0, 0.1) is 12.7 Å². The Labute approximate surface area is 105 Å². The lowest BCUT2D eigenvalue weighted by atomic mass is 10.2. The quantitative estimate of drug-likeness (QED) is 0.818. The molecule has 4 nitrogen and oxygen atoms in total. The Morgan fingerprint density at radius 1 is 1.33 bits per heavy atom. The first-order valence-corrected chi connectivity index (χ1v) is 5.85. The molecule has 5 heteroatoms. The number of nitrogens with one attached hydrogen (secondary N) is 1. The van der Waals surface area contributed by atoms with E-state index in [0.29, 0.717) is 5.69 Å². The first-order valence-electron chi connectivity index (χ1n) is 5.85. The van der Waals surface area contributed by atoms with Gasteiger partial charge in [-0.25, -0.2) is 4.39 Å². The molecule has 0 radical (unpaired) electrons. The lowest BCUT2D eigenvalue weighted by Crippen LogP contribution is -2.42. The predicted molar refractivity (Wildman–Crippen MR) is 65.7 cm³/mol. The first-order chi connectivity index (χ1) is 8.47. The van der Waals surface area contributed by atoms with Gasteiger partial charge >= 0.3 is 0 Å². The summed E-state index contributed by atoms with van der Waals surface area (Å²) in [6, 6.07) is 3.87. The molecular weight excluding hydrogens is 235 g/mol. The smallest absolute Gasteiger partial charge is 0.249 e. The normalized spacial score (nSPS) is 20.6. The minimum atomic E-state index is -0.580. The van der Waals surface area contributed by atoms with Crippen molar-refractivity contribution in [3.8, 4) is 0 Å². The van der Waals surface area contributed by atoms with Crippen molar-refractivity contribution in [1.82, 2.24) is 5.32 Å². The number of carbonyl (C=O) groups is 2. The molecule has 1 unspecified atom stereocenters. The fraction of sp³-hybridized carbons (Fsp3) is 0.385. The molecule has 96 valence electrons. The molecule has 0 bridgehead atoms. The molecule has 2 rings (SSSR count). The summed E-state index contributed by atoms with van der Waals surface area (Å²) in [6.45, 7) is 3.67. The molecule has 1 aromatic carbocycles. The third-order valence-corrected chi connectivity index (χ3v) is 2.91. The minimum absolute atomic E-state index is 0.161. The van der Waals surface area contributed by atoms with Crippen LogP contribution in [-0.2, 0) is 9.59 Å². The molecule has 1 N–H and O–H groups in total. The number of rotatable bonds is 1. The molecule has 18 heavy (non-hydrogen) atoms. The van der Waals surface area contributed by atoms with Crippen LogP contribution in [0.2, 0.25) is 0 Å². The van der Waals surface area contributed by atoms with Crippen LogP contribution >= 0.6 is 0 Å². The molecule has 0 saturated carbocycles. The van der Waals surface area contributed by atoms with Gasteiger partial charge in [0.15, 0.2) is 0 Å². The zero-order valence-corrected chi connectivity index (χ0v) is 10.4. The molecule has 0 aliphatic carbocycles. The highest BCUT2D eigenvalue weighted by atomic mass is 19.1. The summed E-state index contributed by atoms with van der Waals surface area (Å²) in [5, 5.41) is 2.60. The van der Waals surface area contributed by atoms with Gasteiger partial charge in [-0.3, -0.25) is 9.59 Å². The van der Waals surface area contributed by atoms with E-state index < -0.39 is 6.04 Å². The number of carbonyl (C=O) groups excluding carboxylic acids is 2. The average Bonchev–Trinajstić information content (AvgIpc) is 2.38. The summed E-state index contributed by atoms with van der Waals surface area (Å²) >= 11 is 0. The molecule has 1 aromatic rings. The fourth-order valence-electron chi connectivity index (χ4n) is 2.06. The van der Waals surface area contributed by atoms with Gasteiger partial charge in [0.05, 0.1) is 0 Å². The van der Waals surface area contributed by atoms with E-state index in [-0.39, 0.29) is 30.6 Å². The number of aryl methyl sites for hydroxylation is 1. The highest BCUT2D eigenvalue weighted by molar-refractivity contribution is 6.01. The van der Waals surface area contributed by atoms with Gasteiger partial charge < -0.3 is 10.2 Å². The van der Waals surface area contributed by atoms with E-state index in [4.69, 9.17) is 0 Å². The van der Waals surface area contributed by atoms with Crippen LogP contribution in [0.1, 0.15) is 18.9 Å². The standard InChI is InChI=1S/C13H15FN2O2/c1-8-5-10(14)7-11(6-8)16-4-3-12(17)15-9(2)13(16)18/h5-7,9H,3-4H2,1-2H3,(H,15,17). The van der Waals surface area contributed by atoms with Gasteiger partial charge in [0, 0.05) is 18.7 Å². The highest BCUT2D eigenvalue weighted by Gasteiger charge is 2.27. The summed E-state index contributed by atoms with van der Waals surface area (Å²) in [5.74, 6) is -0.758. The number of hydrogen-bond donors (Lipinski definition) is 1. The van der Waals surface area contributed by atoms with E-state index in [0.717, 1.165) is 5.56 Å². The van der Waals surface area contributed by atoms with Gasteiger partial charge in [-0.15, -0.1) is 0 Å². The molecule has 0 aromatic heterocycles. The van der Waals surface area contributed by atoms with Crippen molar-refractivity contribution in [2.45, 2.75) is 26.3 Å². The van der Waals surface area contributed by atoms with Gasteiger partial charge in [0.1, 0.15) is 11.9 Å². The van der Waals surface area contributed by atoms with Crippen molar-refractivity contribution < 1.29 is 14.0 Å². The van der Waals surface area contributed by atoms with Crippen LogP contribution in [0.4, 0.5) is 10.1 Å². The Balaban J connectivity index is 2.35. The van der Waals surface area contributed by atoms with E-state index in [9.17, 15) is 14.0 Å². The van der Waals surface area contributed by atoms with Crippen LogP contribution in [0.25, 0.3) is 0 Å². The molecular formula is C13H15FN2O2. The maximum atomic E-state index is 13.4. The molecule has 2 amide bonds. The molecule has 1 saturated heterocycles. The fourth-order valence-corrected chi connectivity index (χ4v) is 2.06. The molecule has 1 aliphatic rings. The Kier molecular flexibility index (Phi) is 3.32. The summed E-state index contributed by atoms with van der Waals surface area (Å²) < 4.78 is 13.4. The SMILES string of the molecule is Cc1cc(F)cc(N2CCC(=O)NC(C)C2=O)c1. The van der Waals surface area contributed by atoms with Gasteiger partial charge in [-0.2, -0.15) is 0 Å². The van der Waals surface area contributed by atoms with E-state index in [1.54, 1.807) is 19.9 Å². The number of anilines is 1. The van der Waals surface area contributed by atoms with E-state index >= 15 is 0 Å². The molecule has 1 atom stereocenters. The maximum Gasteiger partial charge on any atom is 0.249 e. The van der Waals surface area contributed by atoms with Crippen molar-refractivity contribution in [1.29, 1.82) is 0 Å². The monoisotopic (exact) mass is 250 g/mol.